The molecule has 82 valence electrons. The summed E-state index contributed by atoms with van der Waals surface area (Å²) in [5.41, 5.74) is 0. The smallest absolute Gasteiger partial charge is 0.211 e. The van der Waals surface area contributed by atoms with E-state index in [4.69, 9.17) is 4.74 Å². The Kier molecular flexibility index (Phi) is 2.81. The first-order valence-electron chi connectivity index (χ1n) is 5.17. The fourth-order valence-corrected chi connectivity index (χ4v) is 3.61. The number of morpholine rings is 1. The van der Waals surface area contributed by atoms with Gasteiger partial charge in [0.1, 0.15) is 0 Å². The highest BCUT2D eigenvalue weighted by atomic mass is 32.2. The minimum absolute atomic E-state index is 0.104. The van der Waals surface area contributed by atoms with Crippen LogP contribution in [0.4, 0.5) is 0 Å². The molecule has 14 heavy (non-hydrogen) atoms. The first-order chi connectivity index (χ1) is 6.59. The SMILES string of the molecule is CS(=O)(=O)N1CCO[C@@H]2CCCC[C@H]21. The third-order valence-electron chi connectivity index (χ3n) is 3.11. The topological polar surface area (TPSA) is 46.6 Å². The molecule has 1 heterocycles. The predicted molar refractivity (Wildman–Crippen MR) is 53.5 cm³/mol. The van der Waals surface area contributed by atoms with E-state index in [0.717, 1.165) is 19.3 Å². The fourth-order valence-electron chi connectivity index (χ4n) is 2.47. The largest absolute Gasteiger partial charge is 0.375 e. The Morgan fingerprint density at radius 2 is 2.00 bits per heavy atom. The van der Waals surface area contributed by atoms with Crippen molar-refractivity contribution in [1.29, 1.82) is 0 Å². The molecule has 2 aliphatic rings. The lowest BCUT2D eigenvalue weighted by atomic mass is 9.91. The number of fused-ring (bicyclic) bond motifs is 1. The molecule has 0 amide bonds. The third kappa shape index (κ3) is 1.94. The molecule has 0 unspecified atom stereocenters. The van der Waals surface area contributed by atoms with Gasteiger partial charge in [0.25, 0.3) is 0 Å². The Bertz CT molecular complexity index is 299. The molecule has 5 heteroatoms. The third-order valence-corrected chi connectivity index (χ3v) is 4.41. The van der Waals surface area contributed by atoms with Gasteiger partial charge in [-0.3, -0.25) is 0 Å². The van der Waals surface area contributed by atoms with Gasteiger partial charge in [0.05, 0.1) is 25.0 Å². The first kappa shape index (κ1) is 10.4. The zero-order valence-corrected chi connectivity index (χ0v) is 9.29. The molecule has 0 aromatic rings. The van der Waals surface area contributed by atoms with Crippen LogP contribution in [0.2, 0.25) is 0 Å². The molecule has 2 rings (SSSR count). The van der Waals surface area contributed by atoms with Crippen molar-refractivity contribution in [2.75, 3.05) is 19.4 Å². The Labute approximate surface area is 85.3 Å². The molecular weight excluding hydrogens is 202 g/mol. The van der Waals surface area contributed by atoms with Crippen LogP contribution in [0.3, 0.4) is 0 Å². The summed E-state index contributed by atoms with van der Waals surface area (Å²) < 4.78 is 30.2. The van der Waals surface area contributed by atoms with Crippen LogP contribution in [0.5, 0.6) is 0 Å². The molecular formula is C9H17NO3S. The molecule has 0 bridgehead atoms. The number of ether oxygens (including phenoxy) is 1. The Morgan fingerprint density at radius 3 is 2.71 bits per heavy atom. The molecule has 1 saturated heterocycles. The summed E-state index contributed by atoms with van der Waals surface area (Å²) in [5, 5.41) is 0. The minimum Gasteiger partial charge on any atom is -0.375 e. The van der Waals surface area contributed by atoms with Crippen LogP contribution in [-0.4, -0.2) is 44.3 Å². The highest BCUT2D eigenvalue weighted by molar-refractivity contribution is 7.88. The van der Waals surface area contributed by atoms with Gasteiger partial charge in [0, 0.05) is 6.54 Å². The molecule has 0 radical (unpaired) electrons. The van der Waals surface area contributed by atoms with E-state index in [0.29, 0.717) is 13.2 Å². The molecule has 2 atom stereocenters. The standard InChI is InChI=1S/C9H17NO3S/c1-14(11,12)10-6-7-13-9-5-3-2-4-8(9)10/h8-9H,2-7H2,1H3/t8-,9-/m1/s1. The molecule has 0 spiro atoms. The Balaban J connectivity index is 2.17. The van der Waals surface area contributed by atoms with Gasteiger partial charge in [-0.2, -0.15) is 4.31 Å². The quantitative estimate of drug-likeness (QED) is 0.648. The molecule has 0 N–H and O–H groups in total. The van der Waals surface area contributed by atoms with Gasteiger partial charge < -0.3 is 4.74 Å². The highest BCUT2D eigenvalue weighted by Gasteiger charge is 2.38. The highest BCUT2D eigenvalue weighted by Crippen LogP contribution is 2.29. The molecule has 1 aliphatic heterocycles. The van der Waals surface area contributed by atoms with Crippen LogP contribution in [0.1, 0.15) is 25.7 Å². The van der Waals surface area contributed by atoms with E-state index in [1.54, 1.807) is 4.31 Å². The van der Waals surface area contributed by atoms with Crippen molar-refractivity contribution in [3.63, 3.8) is 0 Å². The van der Waals surface area contributed by atoms with E-state index in [-0.39, 0.29) is 12.1 Å². The second-order valence-corrected chi connectivity index (χ2v) is 6.07. The lowest BCUT2D eigenvalue weighted by molar-refractivity contribution is -0.0583. The average Bonchev–Trinajstić information content (AvgIpc) is 2.15. The van der Waals surface area contributed by atoms with E-state index in [1.165, 1.54) is 12.7 Å². The normalized spacial score (nSPS) is 35.2. The summed E-state index contributed by atoms with van der Waals surface area (Å²) in [6.45, 7) is 1.08. The average molecular weight is 219 g/mol. The van der Waals surface area contributed by atoms with Gasteiger partial charge >= 0.3 is 0 Å². The van der Waals surface area contributed by atoms with E-state index >= 15 is 0 Å². The lowest BCUT2D eigenvalue weighted by Gasteiger charge is -2.42. The first-order valence-corrected chi connectivity index (χ1v) is 7.02. The second-order valence-electron chi connectivity index (χ2n) is 4.13. The summed E-state index contributed by atoms with van der Waals surface area (Å²) in [6, 6.07) is 0.104. The van der Waals surface area contributed by atoms with Crippen LogP contribution >= 0.6 is 0 Å². The zero-order valence-electron chi connectivity index (χ0n) is 8.48. The van der Waals surface area contributed by atoms with Crippen molar-refractivity contribution in [2.45, 2.75) is 37.8 Å². The Hall–Kier alpha value is -0.130. The predicted octanol–water partition coefficient (Wildman–Crippen LogP) is 0.589. The molecule has 1 aliphatic carbocycles. The Morgan fingerprint density at radius 1 is 1.29 bits per heavy atom. The maximum absolute atomic E-state index is 11.5. The van der Waals surface area contributed by atoms with Crippen LogP contribution in [0.25, 0.3) is 0 Å². The molecule has 0 aromatic heterocycles. The van der Waals surface area contributed by atoms with E-state index in [1.807, 2.05) is 0 Å². The maximum atomic E-state index is 11.5. The van der Waals surface area contributed by atoms with Crippen LogP contribution < -0.4 is 0 Å². The van der Waals surface area contributed by atoms with E-state index in [9.17, 15) is 8.42 Å². The van der Waals surface area contributed by atoms with Crippen LogP contribution in [0.15, 0.2) is 0 Å². The van der Waals surface area contributed by atoms with Gasteiger partial charge in [-0.25, -0.2) is 8.42 Å². The number of rotatable bonds is 1. The zero-order chi connectivity index (χ0) is 10.2. The van der Waals surface area contributed by atoms with Crippen molar-refractivity contribution < 1.29 is 13.2 Å². The summed E-state index contributed by atoms with van der Waals surface area (Å²) in [4.78, 5) is 0. The lowest BCUT2D eigenvalue weighted by Crippen LogP contribution is -2.54. The van der Waals surface area contributed by atoms with Crippen molar-refractivity contribution in [3.05, 3.63) is 0 Å². The van der Waals surface area contributed by atoms with Crippen molar-refractivity contribution in [2.24, 2.45) is 0 Å². The number of hydrogen-bond donors (Lipinski definition) is 0. The van der Waals surface area contributed by atoms with Gasteiger partial charge in [-0.05, 0) is 12.8 Å². The fraction of sp³-hybridized carbons (Fsp3) is 1.00. The van der Waals surface area contributed by atoms with Gasteiger partial charge in [0.15, 0.2) is 0 Å². The summed E-state index contributed by atoms with van der Waals surface area (Å²) in [7, 11) is -3.04. The molecule has 2 fully saturated rings. The van der Waals surface area contributed by atoms with Crippen molar-refractivity contribution in [1.82, 2.24) is 4.31 Å². The van der Waals surface area contributed by atoms with Crippen molar-refractivity contribution >= 4 is 10.0 Å². The van der Waals surface area contributed by atoms with Crippen LogP contribution in [-0.2, 0) is 14.8 Å². The van der Waals surface area contributed by atoms with Gasteiger partial charge in [-0.15, -0.1) is 0 Å². The number of sulfonamides is 1. The van der Waals surface area contributed by atoms with E-state index in [2.05, 4.69) is 0 Å². The maximum Gasteiger partial charge on any atom is 0.211 e. The summed E-state index contributed by atoms with van der Waals surface area (Å²) in [6.07, 6.45) is 5.69. The summed E-state index contributed by atoms with van der Waals surface area (Å²) >= 11 is 0. The minimum atomic E-state index is -3.04. The monoisotopic (exact) mass is 219 g/mol. The van der Waals surface area contributed by atoms with Crippen LogP contribution in [0, 0.1) is 0 Å². The van der Waals surface area contributed by atoms with E-state index < -0.39 is 10.0 Å². The number of nitrogens with zero attached hydrogens (tertiary/aromatic N) is 1. The molecule has 1 saturated carbocycles. The van der Waals surface area contributed by atoms with Crippen molar-refractivity contribution in [3.8, 4) is 0 Å². The summed E-state index contributed by atoms with van der Waals surface area (Å²) in [5.74, 6) is 0. The number of hydrogen-bond acceptors (Lipinski definition) is 3. The van der Waals surface area contributed by atoms with Gasteiger partial charge in [0.2, 0.25) is 10.0 Å². The van der Waals surface area contributed by atoms with Gasteiger partial charge in [-0.1, -0.05) is 12.8 Å². The molecule has 0 aromatic carbocycles. The second kappa shape index (κ2) is 3.79. The molecule has 4 nitrogen and oxygen atoms in total.